The second kappa shape index (κ2) is 5.70. The molecular weight excluding hydrogens is 334 g/mol. The quantitative estimate of drug-likeness (QED) is 0.864. The number of hydrogen-bond acceptors (Lipinski definition) is 6. The van der Waals surface area contributed by atoms with Crippen molar-refractivity contribution >= 4 is 42.9 Å². The Morgan fingerprint density at radius 1 is 1.24 bits per heavy atom. The van der Waals surface area contributed by atoms with Crippen LogP contribution in [-0.4, -0.2) is 23.9 Å². The SMILES string of the molecule is Cc1cc(S(=O)(=O)Cl)cc(C)c1NC(=O)c1snnc1C. The lowest BCUT2D eigenvalue weighted by molar-refractivity contribution is 0.102. The Bertz CT molecular complexity index is 792. The normalized spacial score (nSPS) is 11.4. The number of carbonyl (C=O) groups excluding carboxylic acids is 1. The largest absolute Gasteiger partial charge is 0.321 e. The van der Waals surface area contributed by atoms with Gasteiger partial charge in [-0.1, -0.05) is 4.49 Å². The number of aryl methyl sites for hydroxylation is 3. The van der Waals surface area contributed by atoms with Gasteiger partial charge in [0.25, 0.3) is 15.0 Å². The van der Waals surface area contributed by atoms with Gasteiger partial charge < -0.3 is 5.32 Å². The molecule has 112 valence electrons. The van der Waals surface area contributed by atoms with Crippen LogP contribution in [0, 0.1) is 20.8 Å². The monoisotopic (exact) mass is 345 g/mol. The Hall–Kier alpha value is -1.51. The maximum absolute atomic E-state index is 12.2. The number of benzene rings is 1. The Labute approximate surface area is 130 Å². The molecule has 1 amide bonds. The van der Waals surface area contributed by atoms with Gasteiger partial charge in [-0.15, -0.1) is 5.10 Å². The summed E-state index contributed by atoms with van der Waals surface area (Å²) in [5.74, 6) is -0.324. The van der Waals surface area contributed by atoms with Gasteiger partial charge in [0.1, 0.15) is 4.88 Å². The zero-order valence-corrected chi connectivity index (χ0v) is 13.9. The standard InChI is InChI=1S/C12H12ClN3O3S2/c1-6-4-9(21(13,18)19)5-7(2)10(6)14-12(17)11-8(3)15-16-20-11/h4-5H,1-3H3,(H,14,17). The summed E-state index contributed by atoms with van der Waals surface area (Å²) >= 11 is 1.01. The number of nitrogens with one attached hydrogen (secondary N) is 1. The summed E-state index contributed by atoms with van der Waals surface area (Å²) in [6.07, 6.45) is 0. The molecular formula is C12H12ClN3O3S2. The molecule has 1 N–H and O–H groups in total. The molecule has 1 aromatic heterocycles. The summed E-state index contributed by atoms with van der Waals surface area (Å²) in [5, 5.41) is 6.54. The number of amides is 1. The first-order valence-electron chi connectivity index (χ1n) is 5.86. The lowest BCUT2D eigenvalue weighted by Gasteiger charge is -2.12. The highest BCUT2D eigenvalue weighted by atomic mass is 35.7. The first kappa shape index (κ1) is 15.9. The first-order chi connectivity index (χ1) is 9.70. The average Bonchev–Trinajstić information content (AvgIpc) is 2.78. The van der Waals surface area contributed by atoms with Crippen LogP contribution in [0.5, 0.6) is 0 Å². The van der Waals surface area contributed by atoms with Crippen molar-refractivity contribution in [2.45, 2.75) is 25.7 Å². The molecule has 21 heavy (non-hydrogen) atoms. The van der Waals surface area contributed by atoms with Crippen LogP contribution in [0.25, 0.3) is 0 Å². The van der Waals surface area contributed by atoms with E-state index in [1.165, 1.54) is 12.1 Å². The Balaban J connectivity index is 2.38. The Morgan fingerprint density at radius 2 is 1.81 bits per heavy atom. The van der Waals surface area contributed by atoms with Gasteiger partial charge in [0, 0.05) is 16.4 Å². The highest BCUT2D eigenvalue weighted by Gasteiger charge is 2.18. The van der Waals surface area contributed by atoms with Gasteiger partial charge in [-0.05, 0) is 55.6 Å². The Kier molecular flexibility index (Phi) is 4.31. The van der Waals surface area contributed by atoms with Crippen LogP contribution >= 0.6 is 22.2 Å². The summed E-state index contributed by atoms with van der Waals surface area (Å²) in [6, 6.07) is 2.84. The van der Waals surface area contributed by atoms with Crippen LogP contribution in [0.15, 0.2) is 17.0 Å². The van der Waals surface area contributed by atoms with Crippen molar-refractivity contribution in [1.29, 1.82) is 0 Å². The van der Waals surface area contributed by atoms with E-state index in [2.05, 4.69) is 14.9 Å². The van der Waals surface area contributed by atoms with E-state index in [1.54, 1.807) is 20.8 Å². The van der Waals surface area contributed by atoms with Crippen LogP contribution in [0.4, 0.5) is 5.69 Å². The van der Waals surface area contributed by atoms with Crippen molar-refractivity contribution in [1.82, 2.24) is 9.59 Å². The second-order valence-electron chi connectivity index (χ2n) is 4.51. The number of anilines is 1. The molecule has 0 saturated heterocycles. The van der Waals surface area contributed by atoms with Gasteiger partial charge in [0.15, 0.2) is 0 Å². The minimum absolute atomic E-state index is 0.00723. The molecule has 0 spiro atoms. The van der Waals surface area contributed by atoms with Gasteiger partial charge in [-0.25, -0.2) is 8.42 Å². The first-order valence-corrected chi connectivity index (χ1v) is 8.94. The number of rotatable bonds is 3. The van der Waals surface area contributed by atoms with E-state index in [0.29, 0.717) is 27.4 Å². The molecule has 6 nitrogen and oxygen atoms in total. The van der Waals surface area contributed by atoms with Gasteiger partial charge in [0.05, 0.1) is 10.6 Å². The minimum Gasteiger partial charge on any atom is -0.321 e. The van der Waals surface area contributed by atoms with Crippen molar-refractivity contribution in [2.24, 2.45) is 0 Å². The third kappa shape index (κ3) is 3.39. The van der Waals surface area contributed by atoms with Crippen molar-refractivity contribution < 1.29 is 13.2 Å². The zero-order valence-electron chi connectivity index (χ0n) is 11.5. The lowest BCUT2D eigenvalue weighted by atomic mass is 10.1. The Morgan fingerprint density at radius 3 is 2.24 bits per heavy atom. The molecule has 0 atom stereocenters. The summed E-state index contributed by atoms with van der Waals surface area (Å²) in [5.41, 5.74) is 2.32. The van der Waals surface area contributed by atoms with Gasteiger partial charge in [-0.3, -0.25) is 4.79 Å². The summed E-state index contributed by atoms with van der Waals surface area (Å²) in [4.78, 5) is 12.6. The van der Waals surface area contributed by atoms with E-state index in [-0.39, 0.29) is 10.8 Å². The molecule has 0 bridgehead atoms. The van der Waals surface area contributed by atoms with Crippen molar-refractivity contribution in [2.75, 3.05) is 5.32 Å². The smallest absolute Gasteiger partial charge is 0.269 e. The highest BCUT2D eigenvalue weighted by molar-refractivity contribution is 8.13. The maximum Gasteiger partial charge on any atom is 0.269 e. The molecule has 0 aliphatic rings. The van der Waals surface area contributed by atoms with Crippen LogP contribution in [0.3, 0.4) is 0 Å². The van der Waals surface area contributed by atoms with E-state index in [4.69, 9.17) is 10.7 Å². The number of halogens is 1. The highest BCUT2D eigenvalue weighted by Crippen LogP contribution is 2.27. The van der Waals surface area contributed by atoms with E-state index in [0.717, 1.165) is 11.5 Å². The summed E-state index contributed by atoms with van der Waals surface area (Å²) in [6.45, 7) is 5.10. The number of carbonyl (C=O) groups is 1. The fourth-order valence-corrected chi connectivity index (χ4v) is 3.33. The molecule has 0 unspecified atom stereocenters. The van der Waals surface area contributed by atoms with E-state index < -0.39 is 9.05 Å². The van der Waals surface area contributed by atoms with Crippen molar-refractivity contribution in [3.05, 3.63) is 33.8 Å². The van der Waals surface area contributed by atoms with Crippen LogP contribution < -0.4 is 5.32 Å². The van der Waals surface area contributed by atoms with Crippen molar-refractivity contribution in [3.63, 3.8) is 0 Å². The number of nitrogens with zero attached hydrogens (tertiary/aromatic N) is 2. The zero-order chi connectivity index (χ0) is 15.8. The molecule has 9 heteroatoms. The van der Waals surface area contributed by atoms with Crippen LogP contribution in [0.1, 0.15) is 26.5 Å². The van der Waals surface area contributed by atoms with E-state index >= 15 is 0 Å². The minimum atomic E-state index is -3.80. The molecule has 1 aromatic carbocycles. The number of hydrogen-bond donors (Lipinski definition) is 1. The van der Waals surface area contributed by atoms with Crippen molar-refractivity contribution in [3.8, 4) is 0 Å². The van der Waals surface area contributed by atoms with Gasteiger partial charge >= 0.3 is 0 Å². The summed E-state index contributed by atoms with van der Waals surface area (Å²) in [7, 11) is 1.53. The predicted octanol–water partition coefficient (Wildman–Crippen LogP) is 2.64. The molecule has 0 aliphatic carbocycles. The molecule has 0 radical (unpaired) electrons. The molecule has 0 saturated carbocycles. The topological polar surface area (TPSA) is 89.0 Å². The molecule has 0 fully saturated rings. The van der Waals surface area contributed by atoms with E-state index in [1.807, 2.05) is 0 Å². The second-order valence-corrected chi connectivity index (χ2v) is 7.83. The molecule has 2 aromatic rings. The summed E-state index contributed by atoms with van der Waals surface area (Å²) < 4.78 is 26.4. The molecule has 1 heterocycles. The molecule has 2 rings (SSSR count). The maximum atomic E-state index is 12.2. The molecule has 0 aliphatic heterocycles. The average molecular weight is 346 g/mol. The van der Waals surface area contributed by atoms with Crippen LogP contribution in [0.2, 0.25) is 0 Å². The predicted molar refractivity (Wildman–Crippen MR) is 81.6 cm³/mol. The lowest BCUT2D eigenvalue weighted by Crippen LogP contribution is -2.14. The third-order valence-corrected chi connectivity index (χ3v) is 5.04. The van der Waals surface area contributed by atoms with Gasteiger partial charge in [-0.2, -0.15) is 0 Å². The fourth-order valence-electron chi connectivity index (χ4n) is 1.87. The third-order valence-electron chi connectivity index (χ3n) is 2.88. The van der Waals surface area contributed by atoms with Crippen LogP contribution in [-0.2, 0) is 9.05 Å². The fraction of sp³-hybridized carbons (Fsp3) is 0.250. The number of aromatic nitrogens is 2. The van der Waals surface area contributed by atoms with E-state index in [9.17, 15) is 13.2 Å². The van der Waals surface area contributed by atoms with Gasteiger partial charge in [0.2, 0.25) is 0 Å².